The summed E-state index contributed by atoms with van der Waals surface area (Å²) >= 11 is 0. The molecule has 1 unspecified atom stereocenters. The molecule has 2 rings (SSSR count). The lowest BCUT2D eigenvalue weighted by atomic mass is 10.1. The zero-order valence-electron chi connectivity index (χ0n) is 13.5. The lowest BCUT2D eigenvalue weighted by molar-refractivity contribution is -0.120. The Kier molecular flexibility index (Phi) is 5.20. The zero-order chi connectivity index (χ0) is 17.0. The van der Waals surface area contributed by atoms with Gasteiger partial charge in [-0.1, -0.05) is 24.3 Å². The van der Waals surface area contributed by atoms with Gasteiger partial charge in [0.1, 0.15) is 11.1 Å². The molecule has 2 aromatic rings. The predicted molar refractivity (Wildman–Crippen MR) is 88.7 cm³/mol. The van der Waals surface area contributed by atoms with Gasteiger partial charge in [-0.15, -0.1) is 0 Å². The van der Waals surface area contributed by atoms with E-state index in [1.807, 2.05) is 42.0 Å². The van der Waals surface area contributed by atoms with E-state index in [2.05, 4.69) is 10.3 Å². The van der Waals surface area contributed by atoms with Crippen molar-refractivity contribution in [3.8, 4) is 0 Å². The second kappa shape index (κ2) is 6.95. The number of carbonyl (C=O) groups is 1. The molecule has 1 amide bonds. The van der Waals surface area contributed by atoms with Crippen LogP contribution in [0.5, 0.6) is 0 Å². The lowest BCUT2D eigenvalue weighted by Crippen LogP contribution is -2.37. The van der Waals surface area contributed by atoms with Crippen molar-refractivity contribution in [2.24, 2.45) is 0 Å². The van der Waals surface area contributed by atoms with Crippen LogP contribution in [0.4, 0.5) is 0 Å². The minimum atomic E-state index is -3.38. The first-order valence-corrected chi connectivity index (χ1v) is 9.25. The molecule has 0 fully saturated rings. The number of benzene rings is 1. The summed E-state index contributed by atoms with van der Waals surface area (Å²) in [7, 11) is -3.38. The van der Waals surface area contributed by atoms with Gasteiger partial charge in [0.05, 0.1) is 0 Å². The van der Waals surface area contributed by atoms with E-state index >= 15 is 0 Å². The third-order valence-corrected chi connectivity index (χ3v) is 5.24. The zero-order valence-corrected chi connectivity index (χ0v) is 14.3. The van der Waals surface area contributed by atoms with Gasteiger partial charge >= 0.3 is 0 Å². The largest absolute Gasteiger partial charge is 0.351 e. The van der Waals surface area contributed by atoms with Gasteiger partial charge in [-0.25, -0.2) is 13.4 Å². The molecule has 0 saturated heterocycles. The average Bonchev–Trinajstić information content (AvgIpc) is 2.89. The topological polar surface area (TPSA) is 81.1 Å². The van der Waals surface area contributed by atoms with Gasteiger partial charge in [0.2, 0.25) is 5.91 Å². The highest BCUT2D eigenvalue weighted by Gasteiger charge is 2.22. The molecule has 7 heteroatoms. The van der Waals surface area contributed by atoms with Crippen LogP contribution in [0.25, 0.3) is 0 Å². The Morgan fingerprint density at radius 1 is 1.35 bits per heavy atom. The highest BCUT2D eigenvalue weighted by Crippen LogP contribution is 2.09. The minimum absolute atomic E-state index is 0.301. The highest BCUT2D eigenvalue weighted by molar-refractivity contribution is 7.92. The van der Waals surface area contributed by atoms with Gasteiger partial charge in [0.25, 0.3) is 0 Å². The van der Waals surface area contributed by atoms with Crippen LogP contribution in [0.15, 0.2) is 36.7 Å². The van der Waals surface area contributed by atoms with E-state index < -0.39 is 21.0 Å². The van der Waals surface area contributed by atoms with E-state index in [-0.39, 0.29) is 0 Å². The van der Waals surface area contributed by atoms with Crippen molar-refractivity contribution in [2.45, 2.75) is 32.2 Å². The summed E-state index contributed by atoms with van der Waals surface area (Å²) in [5, 5.41) is 1.62. The van der Waals surface area contributed by atoms with E-state index in [4.69, 9.17) is 0 Å². The normalized spacial score (nSPS) is 12.8. The molecule has 0 bridgehead atoms. The minimum Gasteiger partial charge on any atom is -0.351 e. The molecular weight excluding hydrogens is 314 g/mol. The molecular formula is C16H21N3O3S. The first-order valence-electron chi connectivity index (χ1n) is 7.29. The molecule has 1 heterocycles. The summed E-state index contributed by atoms with van der Waals surface area (Å²) in [6.45, 7) is 4.34. The number of hydrogen-bond acceptors (Lipinski definition) is 4. The van der Waals surface area contributed by atoms with Crippen molar-refractivity contribution in [3.63, 3.8) is 0 Å². The molecule has 6 nitrogen and oxygen atoms in total. The van der Waals surface area contributed by atoms with Gasteiger partial charge < -0.3 is 9.88 Å². The SMILES string of the molecule is Cc1nccn1Cc1cccc(CNC(=O)C(C)S(C)(=O)=O)c1. The Bertz CT molecular complexity index is 796. The number of rotatable bonds is 6. The fraction of sp³-hybridized carbons (Fsp3) is 0.375. The van der Waals surface area contributed by atoms with Gasteiger partial charge in [0.15, 0.2) is 9.84 Å². The average molecular weight is 335 g/mol. The fourth-order valence-electron chi connectivity index (χ4n) is 2.13. The maximum atomic E-state index is 11.8. The van der Waals surface area contributed by atoms with Crippen LogP contribution in [0.3, 0.4) is 0 Å². The van der Waals surface area contributed by atoms with Gasteiger partial charge in [-0.05, 0) is 25.0 Å². The Labute approximate surface area is 136 Å². The van der Waals surface area contributed by atoms with Gasteiger partial charge in [-0.2, -0.15) is 0 Å². The Hall–Kier alpha value is -2.15. The summed E-state index contributed by atoms with van der Waals surface area (Å²) in [4.78, 5) is 16.0. The van der Waals surface area contributed by atoms with E-state index in [0.717, 1.165) is 23.2 Å². The smallest absolute Gasteiger partial charge is 0.238 e. The summed E-state index contributed by atoms with van der Waals surface area (Å²) in [6, 6.07) is 7.81. The molecule has 23 heavy (non-hydrogen) atoms. The number of amides is 1. The van der Waals surface area contributed by atoms with Crippen LogP contribution in [-0.2, 0) is 27.7 Å². The number of sulfone groups is 1. The predicted octanol–water partition coefficient (Wildman–Crippen LogP) is 1.29. The number of aromatic nitrogens is 2. The van der Waals surface area contributed by atoms with Crippen LogP contribution >= 0.6 is 0 Å². The van der Waals surface area contributed by atoms with E-state index in [0.29, 0.717) is 13.1 Å². The van der Waals surface area contributed by atoms with Crippen molar-refractivity contribution in [3.05, 3.63) is 53.6 Å². The number of carbonyl (C=O) groups excluding carboxylic acids is 1. The van der Waals surface area contributed by atoms with Crippen molar-refractivity contribution in [1.82, 2.24) is 14.9 Å². The molecule has 1 N–H and O–H groups in total. The van der Waals surface area contributed by atoms with Crippen molar-refractivity contribution >= 4 is 15.7 Å². The van der Waals surface area contributed by atoms with E-state index in [9.17, 15) is 13.2 Å². The maximum Gasteiger partial charge on any atom is 0.238 e. The van der Waals surface area contributed by atoms with Crippen LogP contribution in [0.2, 0.25) is 0 Å². The second-order valence-electron chi connectivity index (χ2n) is 5.61. The van der Waals surface area contributed by atoms with Crippen LogP contribution in [0, 0.1) is 6.92 Å². The number of hydrogen-bond donors (Lipinski definition) is 1. The quantitative estimate of drug-likeness (QED) is 0.862. The molecule has 0 aliphatic carbocycles. The fourth-order valence-corrected chi connectivity index (χ4v) is 2.61. The molecule has 124 valence electrons. The Morgan fingerprint density at radius 3 is 2.65 bits per heavy atom. The molecule has 1 aromatic heterocycles. The highest BCUT2D eigenvalue weighted by atomic mass is 32.2. The van der Waals surface area contributed by atoms with Gasteiger partial charge in [0, 0.05) is 31.7 Å². The number of imidazole rings is 1. The van der Waals surface area contributed by atoms with Crippen molar-refractivity contribution < 1.29 is 13.2 Å². The molecule has 0 aliphatic heterocycles. The number of aryl methyl sites for hydroxylation is 1. The van der Waals surface area contributed by atoms with Crippen LogP contribution in [-0.4, -0.2) is 35.4 Å². The first kappa shape index (κ1) is 17.2. The Morgan fingerprint density at radius 2 is 2.04 bits per heavy atom. The molecule has 1 atom stereocenters. The molecule has 0 aliphatic rings. The number of nitrogens with zero attached hydrogens (tertiary/aromatic N) is 2. The third kappa shape index (κ3) is 4.66. The maximum absolute atomic E-state index is 11.8. The van der Waals surface area contributed by atoms with Crippen LogP contribution < -0.4 is 5.32 Å². The first-order chi connectivity index (χ1) is 10.8. The molecule has 0 radical (unpaired) electrons. The van der Waals surface area contributed by atoms with Crippen molar-refractivity contribution in [2.75, 3.05) is 6.26 Å². The Balaban J connectivity index is 2.01. The van der Waals surface area contributed by atoms with E-state index in [1.165, 1.54) is 6.92 Å². The van der Waals surface area contributed by atoms with Crippen molar-refractivity contribution in [1.29, 1.82) is 0 Å². The second-order valence-corrected chi connectivity index (χ2v) is 7.98. The van der Waals surface area contributed by atoms with E-state index in [1.54, 1.807) is 6.20 Å². The third-order valence-electron chi connectivity index (χ3n) is 3.75. The summed E-state index contributed by atoms with van der Waals surface area (Å²) in [5.74, 6) is 0.453. The molecule has 0 saturated carbocycles. The summed E-state index contributed by atoms with van der Waals surface area (Å²) < 4.78 is 24.8. The number of nitrogens with one attached hydrogen (secondary N) is 1. The molecule has 0 spiro atoms. The lowest BCUT2D eigenvalue weighted by Gasteiger charge is -2.11. The monoisotopic (exact) mass is 335 g/mol. The summed E-state index contributed by atoms with van der Waals surface area (Å²) in [5.41, 5.74) is 2.02. The standard InChI is InChI=1S/C16H21N3O3S/c1-12(23(3,21)22)16(20)18-10-14-5-4-6-15(9-14)11-19-8-7-17-13(19)2/h4-9,12H,10-11H2,1-3H3,(H,18,20). The van der Waals surface area contributed by atoms with Gasteiger partial charge in [-0.3, -0.25) is 4.79 Å². The molecule has 1 aromatic carbocycles. The summed E-state index contributed by atoms with van der Waals surface area (Å²) in [6.07, 6.45) is 4.73. The van der Waals surface area contributed by atoms with Crippen LogP contribution in [0.1, 0.15) is 23.9 Å².